The van der Waals surface area contributed by atoms with Crippen molar-refractivity contribution in [3.63, 3.8) is 0 Å². The molecular weight excluding hydrogens is 418 g/mol. The second kappa shape index (κ2) is 9.02. The van der Waals surface area contributed by atoms with E-state index < -0.39 is 6.03 Å². The Labute approximate surface area is 193 Å². The van der Waals surface area contributed by atoms with Crippen molar-refractivity contribution in [1.82, 2.24) is 14.4 Å². The Morgan fingerprint density at radius 1 is 0.939 bits per heavy atom. The minimum absolute atomic E-state index is 0.131. The largest absolute Gasteiger partial charge is 0.343 e. The minimum atomic E-state index is -0.419. The molecule has 8 heteroatoms. The van der Waals surface area contributed by atoms with Crippen LogP contribution in [0.5, 0.6) is 0 Å². The number of benzene rings is 1. The van der Waals surface area contributed by atoms with E-state index in [-0.39, 0.29) is 11.5 Å². The predicted molar refractivity (Wildman–Crippen MR) is 127 cm³/mol. The number of aromatic nitrogens is 1. The fraction of sp³-hybridized carbons (Fsp3) is 0.480. The van der Waals surface area contributed by atoms with Gasteiger partial charge in [-0.1, -0.05) is 18.2 Å². The fourth-order valence-corrected chi connectivity index (χ4v) is 5.73. The Morgan fingerprint density at radius 2 is 1.70 bits per heavy atom. The second-order valence-corrected chi connectivity index (χ2v) is 9.52. The number of piperidine rings is 2. The molecular formula is C25H31N5O3. The molecule has 3 aliphatic heterocycles. The molecule has 1 aromatic carbocycles. The first-order valence-corrected chi connectivity index (χ1v) is 11.8. The molecule has 0 aliphatic carbocycles. The first-order chi connectivity index (χ1) is 16.0. The maximum atomic E-state index is 13.2. The average Bonchev–Trinajstić information content (AvgIpc) is 2.82. The van der Waals surface area contributed by atoms with Gasteiger partial charge in [0.2, 0.25) is 5.91 Å². The maximum Gasteiger partial charge on any atom is 0.323 e. The van der Waals surface area contributed by atoms with Crippen molar-refractivity contribution in [3.8, 4) is 0 Å². The number of amides is 3. The summed E-state index contributed by atoms with van der Waals surface area (Å²) in [5.74, 6) is 0.913. The average molecular weight is 450 g/mol. The molecule has 33 heavy (non-hydrogen) atoms. The summed E-state index contributed by atoms with van der Waals surface area (Å²) in [6.45, 7) is 5.93. The number of carbonyl (C=O) groups is 2. The topological polar surface area (TPSA) is 86.7 Å². The zero-order valence-corrected chi connectivity index (χ0v) is 19.0. The highest BCUT2D eigenvalue weighted by Crippen LogP contribution is 2.37. The summed E-state index contributed by atoms with van der Waals surface area (Å²) in [6.07, 6.45) is 3.14. The van der Waals surface area contributed by atoms with Gasteiger partial charge in [0, 0.05) is 63.0 Å². The van der Waals surface area contributed by atoms with E-state index in [0.29, 0.717) is 35.8 Å². The zero-order chi connectivity index (χ0) is 22.9. The number of hydrogen-bond donors (Lipinski definition) is 2. The van der Waals surface area contributed by atoms with Crippen molar-refractivity contribution in [1.29, 1.82) is 0 Å². The molecule has 2 bridgehead atoms. The lowest BCUT2D eigenvalue weighted by molar-refractivity contribution is -0.130. The number of urea groups is 1. The van der Waals surface area contributed by atoms with Crippen molar-refractivity contribution in [3.05, 3.63) is 58.5 Å². The van der Waals surface area contributed by atoms with E-state index in [1.54, 1.807) is 25.1 Å². The molecule has 2 aromatic rings. The summed E-state index contributed by atoms with van der Waals surface area (Å²) < 4.78 is 1.87. The second-order valence-electron chi connectivity index (χ2n) is 9.52. The van der Waals surface area contributed by atoms with E-state index in [2.05, 4.69) is 15.5 Å². The van der Waals surface area contributed by atoms with Crippen LogP contribution in [0, 0.1) is 5.92 Å². The number of likely N-dealkylation sites (tertiary alicyclic amines) is 2. The SMILES string of the molecule is CC(=O)N1CCC(N2C[C@@H]3C[C@H](C2)c2ccc(NC(=O)Nc4ccccc4)c(=O)n2C3)CC1. The van der Waals surface area contributed by atoms with Crippen molar-refractivity contribution in [2.75, 3.05) is 36.8 Å². The quantitative estimate of drug-likeness (QED) is 0.754. The van der Waals surface area contributed by atoms with Gasteiger partial charge in [0.1, 0.15) is 5.69 Å². The summed E-state index contributed by atoms with van der Waals surface area (Å²) in [4.78, 5) is 41.7. The number of rotatable bonds is 3. The number of para-hydroxylation sites is 1. The Balaban J connectivity index is 1.27. The van der Waals surface area contributed by atoms with Crippen LogP contribution in [0.15, 0.2) is 47.3 Å². The fourth-order valence-electron chi connectivity index (χ4n) is 5.73. The molecule has 2 fully saturated rings. The Morgan fingerprint density at radius 3 is 2.42 bits per heavy atom. The molecule has 0 radical (unpaired) electrons. The van der Waals surface area contributed by atoms with Crippen LogP contribution in [-0.2, 0) is 11.3 Å². The highest BCUT2D eigenvalue weighted by atomic mass is 16.2. The third-order valence-electron chi connectivity index (χ3n) is 7.34. The third kappa shape index (κ3) is 4.53. The van der Waals surface area contributed by atoms with E-state index in [9.17, 15) is 14.4 Å². The molecule has 2 N–H and O–H groups in total. The monoisotopic (exact) mass is 449 g/mol. The molecule has 0 saturated carbocycles. The molecule has 3 aliphatic rings. The highest BCUT2D eigenvalue weighted by molar-refractivity contribution is 5.99. The van der Waals surface area contributed by atoms with Crippen LogP contribution >= 0.6 is 0 Å². The van der Waals surface area contributed by atoms with E-state index >= 15 is 0 Å². The minimum Gasteiger partial charge on any atom is -0.343 e. The Kier molecular flexibility index (Phi) is 5.93. The molecule has 0 spiro atoms. The van der Waals surface area contributed by atoms with Gasteiger partial charge in [0.25, 0.3) is 5.56 Å². The number of pyridine rings is 1. The molecule has 5 rings (SSSR count). The van der Waals surface area contributed by atoms with Gasteiger partial charge in [-0.15, -0.1) is 0 Å². The van der Waals surface area contributed by atoms with Crippen LogP contribution in [0.4, 0.5) is 16.2 Å². The summed E-state index contributed by atoms with van der Waals surface area (Å²) in [5.41, 5.74) is 1.92. The van der Waals surface area contributed by atoms with Crippen molar-refractivity contribution in [2.24, 2.45) is 5.92 Å². The van der Waals surface area contributed by atoms with Gasteiger partial charge in [0.15, 0.2) is 0 Å². The molecule has 174 valence electrons. The van der Waals surface area contributed by atoms with Crippen molar-refractivity contribution < 1.29 is 9.59 Å². The lowest BCUT2D eigenvalue weighted by atomic mass is 9.82. The summed E-state index contributed by atoms with van der Waals surface area (Å²) in [5, 5.41) is 5.48. The van der Waals surface area contributed by atoms with Gasteiger partial charge < -0.3 is 20.1 Å². The number of carbonyl (C=O) groups excluding carboxylic acids is 2. The predicted octanol–water partition coefficient (Wildman–Crippen LogP) is 2.92. The summed E-state index contributed by atoms with van der Waals surface area (Å²) >= 11 is 0. The first kappa shape index (κ1) is 21.7. The zero-order valence-electron chi connectivity index (χ0n) is 19.0. The number of nitrogens with one attached hydrogen (secondary N) is 2. The van der Waals surface area contributed by atoms with Crippen LogP contribution in [0.1, 0.15) is 37.8 Å². The Bertz CT molecular complexity index is 1090. The number of anilines is 2. The van der Waals surface area contributed by atoms with Crippen LogP contribution in [0.2, 0.25) is 0 Å². The first-order valence-electron chi connectivity index (χ1n) is 11.8. The van der Waals surface area contributed by atoms with Gasteiger partial charge in [-0.3, -0.25) is 14.5 Å². The molecule has 1 aromatic heterocycles. The van der Waals surface area contributed by atoms with E-state index in [4.69, 9.17) is 0 Å². The lowest BCUT2D eigenvalue weighted by Crippen LogP contribution is -2.53. The summed E-state index contributed by atoms with van der Waals surface area (Å²) in [7, 11) is 0. The molecule has 2 saturated heterocycles. The molecule has 3 amide bonds. The van der Waals surface area contributed by atoms with Gasteiger partial charge in [0.05, 0.1) is 0 Å². The van der Waals surface area contributed by atoms with Crippen LogP contribution in [0.3, 0.4) is 0 Å². The number of nitrogens with zero attached hydrogens (tertiary/aromatic N) is 3. The lowest BCUT2D eigenvalue weighted by Gasteiger charge is -2.47. The molecule has 8 nitrogen and oxygen atoms in total. The maximum absolute atomic E-state index is 13.2. The molecule has 4 heterocycles. The Hall–Kier alpha value is -3.13. The standard InChI is InChI=1S/C25H31N5O3/c1-17(31)28-11-9-21(10-12-28)29-14-18-13-19(16-29)23-8-7-22(24(32)30(23)15-18)27-25(33)26-20-5-3-2-4-6-20/h2-8,18-19,21H,9-16H2,1H3,(H2,26,27,33)/t18-,19+/m0/s1. The molecule has 0 unspecified atom stereocenters. The van der Waals surface area contributed by atoms with E-state index in [1.807, 2.05) is 33.7 Å². The van der Waals surface area contributed by atoms with Crippen LogP contribution in [0.25, 0.3) is 0 Å². The van der Waals surface area contributed by atoms with Crippen molar-refractivity contribution >= 4 is 23.3 Å². The summed E-state index contributed by atoms with van der Waals surface area (Å²) in [6, 6.07) is 13.0. The van der Waals surface area contributed by atoms with Gasteiger partial charge in [-0.2, -0.15) is 0 Å². The smallest absolute Gasteiger partial charge is 0.323 e. The normalized spacial score (nSPS) is 23.0. The van der Waals surface area contributed by atoms with E-state index in [1.165, 1.54) is 0 Å². The van der Waals surface area contributed by atoms with Gasteiger partial charge >= 0.3 is 6.03 Å². The van der Waals surface area contributed by atoms with Crippen molar-refractivity contribution in [2.45, 2.75) is 44.7 Å². The molecule has 2 atom stereocenters. The number of hydrogen-bond acceptors (Lipinski definition) is 4. The highest BCUT2D eigenvalue weighted by Gasteiger charge is 2.38. The van der Waals surface area contributed by atoms with Gasteiger partial charge in [-0.25, -0.2) is 4.79 Å². The van der Waals surface area contributed by atoms with Crippen LogP contribution < -0.4 is 16.2 Å². The van der Waals surface area contributed by atoms with Crippen LogP contribution in [-0.4, -0.2) is 58.5 Å². The third-order valence-corrected chi connectivity index (χ3v) is 7.34. The van der Waals surface area contributed by atoms with E-state index in [0.717, 1.165) is 51.1 Å². The number of fused-ring (bicyclic) bond motifs is 4. The van der Waals surface area contributed by atoms with Gasteiger partial charge in [-0.05, 0) is 49.4 Å².